The third-order valence-electron chi connectivity index (χ3n) is 4.11. The van der Waals surface area contributed by atoms with Gasteiger partial charge in [-0.3, -0.25) is 9.63 Å². The number of rotatable bonds is 25. The summed E-state index contributed by atoms with van der Waals surface area (Å²) in [5.74, 6) is -0.184. The Morgan fingerprint density at radius 2 is 1.08 bits per heavy atom. The molecule has 220 valence electrons. The topological polar surface area (TPSA) is 175 Å². The minimum Gasteiger partial charge on any atom is -0.442 e. The van der Waals surface area contributed by atoms with Gasteiger partial charge >= 0.3 is 6.09 Å². The Kier molecular flexibility index (Phi) is 23.6. The molecule has 0 fully saturated rings. The van der Waals surface area contributed by atoms with Crippen molar-refractivity contribution in [3.05, 3.63) is 0 Å². The summed E-state index contributed by atoms with van der Waals surface area (Å²) in [7, 11) is 0. The molecule has 2 amide bonds. The van der Waals surface area contributed by atoms with Crippen LogP contribution in [0.4, 0.5) is 4.79 Å². The molecular formula is C23H48N4O10. The van der Waals surface area contributed by atoms with Crippen LogP contribution in [0.5, 0.6) is 0 Å². The monoisotopic (exact) mass is 540 g/mol. The number of amides is 2. The molecule has 0 aliphatic rings. The molecule has 5 N–H and O–H groups in total. The Hall–Kier alpha value is -1.62. The molecule has 14 nitrogen and oxygen atoms in total. The summed E-state index contributed by atoms with van der Waals surface area (Å²) in [5.41, 5.74) is 12.3. The molecular weight excluding hydrogens is 492 g/mol. The van der Waals surface area contributed by atoms with E-state index < -0.39 is 11.7 Å². The molecule has 0 bridgehead atoms. The number of nitrogens with two attached hydrogens (primary N) is 2. The van der Waals surface area contributed by atoms with E-state index in [2.05, 4.69) is 5.48 Å². The largest absolute Gasteiger partial charge is 0.442 e. The first-order valence-corrected chi connectivity index (χ1v) is 12.5. The van der Waals surface area contributed by atoms with Crippen molar-refractivity contribution >= 4 is 12.0 Å². The van der Waals surface area contributed by atoms with Gasteiger partial charge in [0.2, 0.25) is 5.91 Å². The van der Waals surface area contributed by atoms with Crippen LogP contribution < -0.4 is 16.9 Å². The third kappa shape index (κ3) is 25.8. The van der Waals surface area contributed by atoms with Gasteiger partial charge in [0.05, 0.1) is 79.3 Å². The summed E-state index contributed by atoms with van der Waals surface area (Å²) in [4.78, 5) is 30.6. The molecule has 0 saturated carbocycles. The second-order valence-electron chi connectivity index (χ2n) is 8.53. The molecule has 0 heterocycles. The number of nitrogens with zero attached hydrogens (tertiary/aromatic N) is 1. The number of hydrogen-bond donors (Lipinski definition) is 3. The van der Waals surface area contributed by atoms with E-state index in [9.17, 15) is 9.59 Å². The SMILES string of the molecule is CC(C)(C)OC(=O)NOCCOCCOCC(=O)N(CCOCCOCCN)CCOCCOCCN. The molecule has 0 spiro atoms. The predicted molar refractivity (Wildman–Crippen MR) is 135 cm³/mol. The van der Waals surface area contributed by atoms with E-state index in [1.807, 2.05) is 0 Å². The summed E-state index contributed by atoms with van der Waals surface area (Å²) in [6, 6.07) is 0. The van der Waals surface area contributed by atoms with E-state index in [4.69, 9.17) is 49.5 Å². The zero-order chi connectivity index (χ0) is 27.6. The fraction of sp³-hybridized carbons (Fsp3) is 0.913. The van der Waals surface area contributed by atoms with E-state index in [0.29, 0.717) is 79.0 Å². The van der Waals surface area contributed by atoms with E-state index >= 15 is 0 Å². The molecule has 0 aromatic rings. The lowest BCUT2D eigenvalue weighted by atomic mass is 10.2. The number of nitrogens with one attached hydrogen (secondary N) is 1. The highest BCUT2D eigenvalue weighted by Crippen LogP contribution is 2.06. The van der Waals surface area contributed by atoms with Gasteiger partial charge < -0.3 is 49.5 Å². The van der Waals surface area contributed by atoms with Crippen LogP contribution in [0, 0.1) is 0 Å². The molecule has 0 saturated heterocycles. The van der Waals surface area contributed by atoms with Gasteiger partial charge in [0.1, 0.15) is 12.2 Å². The lowest BCUT2D eigenvalue weighted by Gasteiger charge is -2.23. The first-order valence-electron chi connectivity index (χ1n) is 12.5. The third-order valence-corrected chi connectivity index (χ3v) is 4.11. The van der Waals surface area contributed by atoms with Gasteiger partial charge in [0.25, 0.3) is 0 Å². The summed E-state index contributed by atoms with van der Waals surface area (Å²) in [6.07, 6.45) is -0.672. The van der Waals surface area contributed by atoms with Gasteiger partial charge in [0, 0.05) is 26.2 Å². The summed E-state index contributed by atoms with van der Waals surface area (Å²) >= 11 is 0. The number of carbonyl (C=O) groups is 2. The quantitative estimate of drug-likeness (QED) is 0.0981. The van der Waals surface area contributed by atoms with Crippen molar-refractivity contribution in [3.8, 4) is 0 Å². The highest BCUT2D eigenvalue weighted by molar-refractivity contribution is 5.77. The van der Waals surface area contributed by atoms with Crippen molar-refractivity contribution in [2.24, 2.45) is 11.5 Å². The van der Waals surface area contributed by atoms with E-state index in [1.54, 1.807) is 25.7 Å². The Labute approximate surface area is 220 Å². The molecule has 0 rings (SSSR count). The molecule has 0 aromatic heterocycles. The van der Waals surface area contributed by atoms with Crippen LogP contribution in [0.3, 0.4) is 0 Å². The summed E-state index contributed by atoms with van der Waals surface area (Å²) in [6.45, 7) is 11.2. The number of ether oxygens (including phenoxy) is 7. The molecule has 0 aliphatic heterocycles. The zero-order valence-corrected chi connectivity index (χ0v) is 22.7. The fourth-order valence-corrected chi connectivity index (χ4v) is 2.50. The summed E-state index contributed by atoms with van der Waals surface area (Å²) < 4.78 is 37.4. The number of hydrogen-bond acceptors (Lipinski definition) is 12. The summed E-state index contributed by atoms with van der Waals surface area (Å²) in [5, 5.41) is 0. The standard InChI is InChI=1S/C23H48N4O10/c1-23(2,3)37-22(29)26-36-19-18-34-16-17-35-20-21(28)27(6-10-32-14-12-30-8-4-24)7-11-33-15-13-31-9-5-25/h4-20,24-25H2,1-3H3,(H,26,29). The lowest BCUT2D eigenvalue weighted by molar-refractivity contribution is -0.138. The molecule has 0 aliphatic carbocycles. The average molecular weight is 541 g/mol. The van der Waals surface area contributed by atoms with E-state index in [0.717, 1.165) is 0 Å². The molecule has 0 atom stereocenters. The Balaban J connectivity index is 4.04. The van der Waals surface area contributed by atoms with Crippen LogP contribution in [0.15, 0.2) is 0 Å². The van der Waals surface area contributed by atoms with Gasteiger partial charge in [-0.1, -0.05) is 0 Å². The van der Waals surface area contributed by atoms with Crippen molar-refractivity contribution in [1.29, 1.82) is 0 Å². The van der Waals surface area contributed by atoms with E-state index in [-0.39, 0.29) is 38.9 Å². The second kappa shape index (κ2) is 24.7. The number of carbonyl (C=O) groups excluding carboxylic acids is 2. The van der Waals surface area contributed by atoms with Crippen molar-refractivity contribution in [2.45, 2.75) is 26.4 Å². The predicted octanol–water partition coefficient (Wildman–Crippen LogP) is -0.712. The number of hydroxylamine groups is 1. The van der Waals surface area contributed by atoms with Crippen LogP contribution in [0.1, 0.15) is 20.8 Å². The van der Waals surface area contributed by atoms with Gasteiger partial charge in [-0.25, -0.2) is 4.79 Å². The molecule has 14 heteroatoms. The van der Waals surface area contributed by atoms with Crippen molar-refractivity contribution in [1.82, 2.24) is 10.4 Å². The van der Waals surface area contributed by atoms with Crippen molar-refractivity contribution in [2.75, 3.05) is 112 Å². The first-order chi connectivity index (χ1) is 17.8. The Morgan fingerprint density at radius 1 is 0.649 bits per heavy atom. The molecule has 0 radical (unpaired) electrons. The highest BCUT2D eigenvalue weighted by Gasteiger charge is 2.16. The van der Waals surface area contributed by atoms with E-state index in [1.165, 1.54) is 0 Å². The van der Waals surface area contributed by atoms with Crippen molar-refractivity contribution < 1.29 is 47.6 Å². The molecule has 0 unspecified atom stereocenters. The molecule has 37 heavy (non-hydrogen) atoms. The van der Waals surface area contributed by atoms with Gasteiger partial charge in [-0.15, -0.1) is 0 Å². The maximum absolute atomic E-state index is 12.6. The lowest BCUT2D eigenvalue weighted by Crippen LogP contribution is -2.39. The smallest absolute Gasteiger partial charge is 0.431 e. The zero-order valence-electron chi connectivity index (χ0n) is 22.7. The van der Waals surface area contributed by atoms with Crippen molar-refractivity contribution in [3.63, 3.8) is 0 Å². The Bertz CT molecular complexity index is 534. The minimum atomic E-state index is -0.672. The minimum absolute atomic E-state index is 0.0979. The van der Waals surface area contributed by atoms with Gasteiger partial charge in [0.15, 0.2) is 0 Å². The van der Waals surface area contributed by atoms with Crippen LogP contribution in [0.25, 0.3) is 0 Å². The van der Waals surface area contributed by atoms with Crippen LogP contribution in [-0.4, -0.2) is 135 Å². The Morgan fingerprint density at radius 3 is 1.57 bits per heavy atom. The average Bonchev–Trinajstić information content (AvgIpc) is 2.84. The van der Waals surface area contributed by atoms with Gasteiger partial charge in [-0.2, -0.15) is 5.48 Å². The highest BCUT2D eigenvalue weighted by atomic mass is 16.7. The van der Waals surface area contributed by atoms with Crippen LogP contribution in [0.2, 0.25) is 0 Å². The van der Waals surface area contributed by atoms with Gasteiger partial charge in [-0.05, 0) is 20.8 Å². The first kappa shape index (κ1) is 35.4. The maximum atomic E-state index is 12.6. The van der Waals surface area contributed by atoms with Crippen LogP contribution in [-0.2, 0) is 42.8 Å². The van der Waals surface area contributed by atoms with Crippen LogP contribution >= 0.6 is 0 Å². The maximum Gasteiger partial charge on any atom is 0.431 e. The molecule has 0 aromatic carbocycles. The second-order valence-corrected chi connectivity index (χ2v) is 8.53. The fourth-order valence-electron chi connectivity index (χ4n) is 2.50. The normalized spacial score (nSPS) is 11.5.